The molecule has 0 aliphatic rings. The summed E-state index contributed by atoms with van der Waals surface area (Å²) in [6.07, 6.45) is -2.75. The monoisotopic (exact) mass is 433 g/mol. The molecule has 4 aromatic rings. The molecule has 4 heterocycles. The zero-order chi connectivity index (χ0) is 20.7. The number of carbonyl (C=O) groups excluding carboxylic acids is 2. The Morgan fingerprint density at radius 3 is 2.76 bits per heavy atom. The summed E-state index contributed by atoms with van der Waals surface area (Å²) in [5.74, 6) is -1.36. The lowest BCUT2D eigenvalue weighted by atomic mass is 10.1. The molecule has 11 heteroatoms. The van der Waals surface area contributed by atoms with Crippen LogP contribution in [0.3, 0.4) is 0 Å². The first-order chi connectivity index (χ1) is 13.8. The Hall–Kier alpha value is -3.18. The fourth-order valence-corrected chi connectivity index (χ4v) is 4.64. The van der Waals surface area contributed by atoms with Crippen molar-refractivity contribution in [3.8, 4) is 10.6 Å². The molecule has 4 rings (SSSR count). The van der Waals surface area contributed by atoms with E-state index in [2.05, 4.69) is 20.5 Å². The summed E-state index contributed by atoms with van der Waals surface area (Å²) in [6.45, 7) is 1.60. The summed E-state index contributed by atoms with van der Waals surface area (Å²) in [6, 6.07) is 6.57. The van der Waals surface area contributed by atoms with Crippen molar-refractivity contribution in [3.63, 3.8) is 0 Å². The van der Waals surface area contributed by atoms with Crippen LogP contribution in [0.15, 0.2) is 29.6 Å². The number of nitrogens with one attached hydrogen (secondary N) is 2. The number of nitrogens with zero attached hydrogens (tertiary/aromatic N) is 2. The predicted molar refractivity (Wildman–Crippen MR) is 108 cm³/mol. The minimum atomic E-state index is -2.75. The third kappa shape index (κ3) is 3.49. The topological polar surface area (TPSA) is 114 Å². The van der Waals surface area contributed by atoms with Crippen LogP contribution in [0, 0.1) is 6.92 Å². The number of aromatic amines is 1. The van der Waals surface area contributed by atoms with Crippen molar-refractivity contribution >= 4 is 50.4 Å². The molecule has 4 N–H and O–H groups in total. The highest BCUT2D eigenvalue weighted by Crippen LogP contribution is 2.38. The van der Waals surface area contributed by atoms with E-state index in [1.165, 1.54) is 17.4 Å². The van der Waals surface area contributed by atoms with Crippen molar-refractivity contribution in [1.29, 1.82) is 0 Å². The van der Waals surface area contributed by atoms with Gasteiger partial charge in [-0.05, 0) is 36.1 Å². The van der Waals surface area contributed by atoms with E-state index < -0.39 is 23.9 Å². The molecule has 4 aromatic heterocycles. The summed E-state index contributed by atoms with van der Waals surface area (Å²) in [4.78, 5) is 29.7. The van der Waals surface area contributed by atoms with Gasteiger partial charge in [-0.25, -0.2) is 13.8 Å². The molecule has 7 nitrogen and oxygen atoms in total. The van der Waals surface area contributed by atoms with Crippen LogP contribution < -0.4 is 11.1 Å². The number of primary amides is 1. The quantitative estimate of drug-likeness (QED) is 0.434. The van der Waals surface area contributed by atoms with Crippen LogP contribution in [-0.4, -0.2) is 27.0 Å². The lowest BCUT2D eigenvalue weighted by Gasteiger charge is -2.07. The van der Waals surface area contributed by atoms with Gasteiger partial charge in [0.2, 0.25) is 0 Å². The van der Waals surface area contributed by atoms with Gasteiger partial charge in [-0.15, -0.1) is 22.7 Å². The molecular weight excluding hydrogens is 420 g/mol. The molecule has 0 spiro atoms. The van der Waals surface area contributed by atoms with Crippen LogP contribution in [-0.2, 0) is 0 Å². The number of carbonyl (C=O) groups is 2. The van der Waals surface area contributed by atoms with Crippen LogP contribution in [0.5, 0.6) is 0 Å². The minimum Gasteiger partial charge on any atom is -0.365 e. The van der Waals surface area contributed by atoms with Crippen molar-refractivity contribution in [1.82, 2.24) is 15.2 Å². The smallest absolute Gasteiger partial charge is 0.280 e. The number of aromatic nitrogens is 3. The number of hydrogen-bond donors (Lipinski definition) is 3. The summed E-state index contributed by atoms with van der Waals surface area (Å²) < 4.78 is 26.1. The second kappa shape index (κ2) is 7.33. The third-order valence-electron chi connectivity index (χ3n) is 4.16. The van der Waals surface area contributed by atoms with E-state index in [1.54, 1.807) is 13.0 Å². The largest absolute Gasteiger partial charge is 0.365 e. The Morgan fingerprint density at radius 1 is 1.31 bits per heavy atom. The molecule has 0 aliphatic heterocycles. The van der Waals surface area contributed by atoms with Gasteiger partial charge < -0.3 is 11.1 Å². The molecule has 0 saturated carbocycles. The Morgan fingerprint density at radius 2 is 2.10 bits per heavy atom. The highest BCUT2D eigenvalue weighted by atomic mass is 32.1. The fraction of sp³-hybridized carbons (Fsp3) is 0.111. The first-order valence-electron chi connectivity index (χ1n) is 8.27. The van der Waals surface area contributed by atoms with E-state index in [-0.39, 0.29) is 21.1 Å². The molecule has 148 valence electrons. The zero-order valence-electron chi connectivity index (χ0n) is 14.8. The molecule has 0 saturated heterocycles. The number of alkyl halides is 2. The average Bonchev–Trinajstić information content (AvgIpc) is 3.40. The second-order valence-electron chi connectivity index (χ2n) is 6.11. The number of thiophene rings is 2. The van der Waals surface area contributed by atoms with E-state index in [9.17, 15) is 18.4 Å². The van der Waals surface area contributed by atoms with Crippen LogP contribution in [0.1, 0.15) is 37.8 Å². The molecule has 0 aliphatic carbocycles. The first-order valence-corrected chi connectivity index (χ1v) is 9.97. The van der Waals surface area contributed by atoms with Gasteiger partial charge in [-0.1, -0.05) is 6.07 Å². The van der Waals surface area contributed by atoms with Crippen LogP contribution >= 0.6 is 22.7 Å². The summed E-state index contributed by atoms with van der Waals surface area (Å²) >= 11 is 2.35. The number of halogens is 2. The third-order valence-corrected chi connectivity index (χ3v) is 6.16. The fourth-order valence-electron chi connectivity index (χ4n) is 2.89. The van der Waals surface area contributed by atoms with E-state index >= 15 is 0 Å². The van der Waals surface area contributed by atoms with E-state index in [0.29, 0.717) is 16.6 Å². The number of anilines is 1. The van der Waals surface area contributed by atoms with Crippen molar-refractivity contribution in [3.05, 3.63) is 51.5 Å². The van der Waals surface area contributed by atoms with Crippen LogP contribution in [0.25, 0.3) is 20.8 Å². The van der Waals surface area contributed by atoms with E-state index in [1.807, 2.05) is 17.5 Å². The maximum Gasteiger partial charge on any atom is 0.280 e. The van der Waals surface area contributed by atoms with E-state index in [0.717, 1.165) is 16.2 Å². The minimum absolute atomic E-state index is 0.0318. The molecule has 0 atom stereocenters. The van der Waals surface area contributed by atoms with Crippen molar-refractivity contribution in [2.24, 2.45) is 5.73 Å². The number of H-pyrrole nitrogens is 1. The SMILES string of the molecule is Cc1cc(C(F)F)nc2sc(C(N)=O)c(NC(=O)c3cc(-c4cccs4)[nH]n3)c12. The van der Waals surface area contributed by atoms with Gasteiger partial charge in [0.15, 0.2) is 5.69 Å². The number of amides is 2. The van der Waals surface area contributed by atoms with Gasteiger partial charge in [-0.3, -0.25) is 14.7 Å². The van der Waals surface area contributed by atoms with Crippen LogP contribution in [0.4, 0.5) is 14.5 Å². The number of nitrogens with two attached hydrogens (primary N) is 1. The standard InChI is InChI=1S/C18H13F2N5O2S2/c1-7-5-9(15(19)20)22-18-12(7)13(14(29-18)16(21)26)23-17(27)10-6-8(24-25-10)11-3-2-4-28-11/h2-6,15H,1H3,(H2,21,26)(H,23,27)(H,24,25). The second-order valence-corrected chi connectivity index (χ2v) is 8.06. The molecular formula is C18H13F2N5O2S2. The molecule has 2 amide bonds. The van der Waals surface area contributed by atoms with Gasteiger partial charge in [0, 0.05) is 5.39 Å². The normalized spacial score (nSPS) is 11.3. The Balaban J connectivity index is 1.74. The van der Waals surface area contributed by atoms with Crippen molar-refractivity contribution in [2.45, 2.75) is 13.3 Å². The summed E-state index contributed by atoms with van der Waals surface area (Å²) in [7, 11) is 0. The van der Waals surface area contributed by atoms with Crippen LogP contribution in [0.2, 0.25) is 0 Å². The van der Waals surface area contributed by atoms with Gasteiger partial charge in [0.05, 0.1) is 16.3 Å². The van der Waals surface area contributed by atoms with Gasteiger partial charge in [-0.2, -0.15) is 5.10 Å². The van der Waals surface area contributed by atoms with Gasteiger partial charge in [0.1, 0.15) is 15.4 Å². The Bertz CT molecular complexity index is 1230. The maximum absolute atomic E-state index is 13.1. The highest BCUT2D eigenvalue weighted by molar-refractivity contribution is 7.21. The first kappa shape index (κ1) is 19.2. The number of fused-ring (bicyclic) bond motifs is 1. The molecule has 0 bridgehead atoms. The molecule has 0 radical (unpaired) electrons. The Kier molecular flexibility index (Phi) is 4.84. The Labute approximate surface area is 170 Å². The lowest BCUT2D eigenvalue weighted by Crippen LogP contribution is -2.17. The molecule has 0 fully saturated rings. The average molecular weight is 433 g/mol. The highest BCUT2D eigenvalue weighted by Gasteiger charge is 2.24. The summed E-state index contributed by atoms with van der Waals surface area (Å²) in [5.41, 5.74) is 6.41. The number of aryl methyl sites for hydroxylation is 1. The van der Waals surface area contributed by atoms with Gasteiger partial charge >= 0.3 is 0 Å². The molecule has 0 aromatic carbocycles. The predicted octanol–water partition coefficient (Wildman–Crippen LogP) is 4.35. The summed E-state index contributed by atoms with van der Waals surface area (Å²) in [5, 5.41) is 11.7. The zero-order valence-corrected chi connectivity index (χ0v) is 16.5. The number of rotatable bonds is 5. The molecule has 0 unspecified atom stereocenters. The number of hydrogen-bond acceptors (Lipinski definition) is 6. The maximum atomic E-state index is 13.1. The van der Waals surface area contributed by atoms with Crippen molar-refractivity contribution in [2.75, 3.05) is 5.32 Å². The van der Waals surface area contributed by atoms with Gasteiger partial charge in [0.25, 0.3) is 18.2 Å². The van der Waals surface area contributed by atoms with E-state index in [4.69, 9.17) is 5.73 Å². The molecule has 29 heavy (non-hydrogen) atoms. The number of pyridine rings is 1. The lowest BCUT2D eigenvalue weighted by molar-refractivity contribution is 0.100. The van der Waals surface area contributed by atoms with Crippen molar-refractivity contribution < 1.29 is 18.4 Å².